The van der Waals surface area contributed by atoms with E-state index < -0.39 is 10.0 Å². The molecule has 4 rings (SSSR count). The van der Waals surface area contributed by atoms with Crippen LogP contribution in [-0.2, 0) is 14.8 Å². The Morgan fingerprint density at radius 2 is 1.81 bits per heavy atom. The van der Waals surface area contributed by atoms with E-state index in [0.29, 0.717) is 46.3 Å². The quantitative estimate of drug-likeness (QED) is 0.392. The van der Waals surface area contributed by atoms with Crippen LogP contribution in [0.15, 0.2) is 40.9 Å². The number of hydrogen-bond acceptors (Lipinski definition) is 7. The van der Waals surface area contributed by atoms with Gasteiger partial charge in [0.1, 0.15) is 17.3 Å². The molecular formula is C27H34N4O5S. The maximum atomic E-state index is 12.6. The fourth-order valence-electron chi connectivity index (χ4n) is 4.56. The fourth-order valence-corrected chi connectivity index (χ4v) is 5.11. The standard InChI is InChI=1S/C27H34N4O5S/c1-18-8-9-23(17-25(18)28-26(32)10-13-31-11-6-5-7-12-31)35-24-15-21(27-19(2)29-36-20(27)3)14-22(16-24)30-37(4,33)34/h8-9,14-17,30H,5-7,10-13H2,1-4H3,(H,28,32). The molecule has 9 nitrogen and oxygen atoms in total. The summed E-state index contributed by atoms with van der Waals surface area (Å²) in [5.41, 5.74) is 4.11. The molecule has 0 radical (unpaired) electrons. The Bertz CT molecular complexity index is 1360. The van der Waals surface area contributed by atoms with Gasteiger partial charge in [0, 0.05) is 36.3 Å². The molecule has 0 unspecified atom stereocenters. The minimum absolute atomic E-state index is 0.0362. The first-order chi connectivity index (χ1) is 17.6. The summed E-state index contributed by atoms with van der Waals surface area (Å²) in [4.78, 5) is 15.0. The summed E-state index contributed by atoms with van der Waals surface area (Å²) >= 11 is 0. The Morgan fingerprint density at radius 1 is 1.05 bits per heavy atom. The lowest BCUT2D eigenvalue weighted by Gasteiger charge is -2.26. The zero-order chi connectivity index (χ0) is 26.6. The number of ether oxygens (including phenoxy) is 1. The summed E-state index contributed by atoms with van der Waals surface area (Å²) in [6, 6.07) is 10.6. The Balaban J connectivity index is 1.54. The molecule has 37 heavy (non-hydrogen) atoms. The second kappa shape index (κ2) is 11.4. The van der Waals surface area contributed by atoms with Gasteiger partial charge in [0.05, 0.1) is 17.6 Å². The van der Waals surface area contributed by atoms with E-state index in [2.05, 4.69) is 20.1 Å². The van der Waals surface area contributed by atoms with Gasteiger partial charge in [0.2, 0.25) is 15.9 Å². The summed E-state index contributed by atoms with van der Waals surface area (Å²) < 4.78 is 37.8. The summed E-state index contributed by atoms with van der Waals surface area (Å²) in [5.74, 6) is 1.52. The first-order valence-electron chi connectivity index (χ1n) is 12.4. The molecule has 1 aromatic heterocycles. The second-order valence-corrected chi connectivity index (χ2v) is 11.3. The molecule has 198 valence electrons. The number of anilines is 2. The third-order valence-corrected chi connectivity index (χ3v) is 6.96. The highest BCUT2D eigenvalue weighted by molar-refractivity contribution is 7.92. The van der Waals surface area contributed by atoms with Crippen LogP contribution in [-0.4, -0.2) is 50.3 Å². The topological polar surface area (TPSA) is 114 Å². The van der Waals surface area contributed by atoms with Crippen LogP contribution in [0.1, 0.15) is 42.7 Å². The zero-order valence-electron chi connectivity index (χ0n) is 21.8. The highest BCUT2D eigenvalue weighted by Crippen LogP contribution is 2.35. The molecular weight excluding hydrogens is 492 g/mol. The lowest BCUT2D eigenvalue weighted by molar-refractivity contribution is -0.116. The second-order valence-electron chi connectivity index (χ2n) is 9.60. The van der Waals surface area contributed by atoms with Gasteiger partial charge in [-0.3, -0.25) is 9.52 Å². The number of nitrogens with zero attached hydrogens (tertiary/aromatic N) is 2. The van der Waals surface area contributed by atoms with Crippen LogP contribution in [0.25, 0.3) is 11.1 Å². The zero-order valence-corrected chi connectivity index (χ0v) is 22.6. The van der Waals surface area contributed by atoms with Crippen molar-refractivity contribution in [2.75, 3.05) is 35.9 Å². The first kappa shape index (κ1) is 26.7. The van der Waals surface area contributed by atoms with E-state index in [-0.39, 0.29) is 5.91 Å². The molecule has 1 aliphatic heterocycles. The monoisotopic (exact) mass is 526 g/mol. The molecule has 2 N–H and O–H groups in total. The number of hydrogen-bond donors (Lipinski definition) is 2. The van der Waals surface area contributed by atoms with Crippen LogP contribution in [0.5, 0.6) is 11.5 Å². The van der Waals surface area contributed by atoms with Crippen molar-refractivity contribution in [2.24, 2.45) is 0 Å². The van der Waals surface area contributed by atoms with E-state index in [4.69, 9.17) is 9.26 Å². The summed E-state index contributed by atoms with van der Waals surface area (Å²) in [7, 11) is -3.51. The number of carbonyl (C=O) groups excluding carboxylic acids is 1. The van der Waals surface area contributed by atoms with Gasteiger partial charge in [0.25, 0.3) is 0 Å². The molecule has 0 bridgehead atoms. The Hall–Kier alpha value is -3.37. The smallest absolute Gasteiger partial charge is 0.229 e. The van der Waals surface area contributed by atoms with E-state index in [1.807, 2.05) is 26.0 Å². The number of aryl methyl sites for hydroxylation is 3. The first-order valence-corrected chi connectivity index (χ1v) is 14.3. The minimum atomic E-state index is -3.51. The average molecular weight is 527 g/mol. The van der Waals surface area contributed by atoms with Gasteiger partial charge in [-0.25, -0.2) is 8.42 Å². The number of nitrogens with one attached hydrogen (secondary N) is 2. The molecule has 0 atom stereocenters. The predicted octanol–water partition coefficient (Wildman–Crippen LogP) is 5.25. The van der Waals surface area contributed by atoms with Gasteiger partial charge in [-0.1, -0.05) is 17.6 Å². The van der Waals surface area contributed by atoms with Crippen LogP contribution in [0.4, 0.5) is 11.4 Å². The van der Waals surface area contributed by atoms with E-state index in [1.165, 1.54) is 19.3 Å². The number of amides is 1. The SMILES string of the molecule is Cc1ccc(Oc2cc(NS(C)(=O)=O)cc(-c3c(C)noc3C)c2)cc1NC(=O)CCN1CCCCC1. The van der Waals surface area contributed by atoms with E-state index in [0.717, 1.165) is 37.0 Å². The number of benzene rings is 2. The fraction of sp³-hybridized carbons (Fsp3) is 0.407. The van der Waals surface area contributed by atoms with Crippen molar-refractivity contribution in [1.29, 1.82) is 0 Å². The van der Waals surface area contributed by atoms with Crippen LogP contribution < -0.4 is 14.8 Å². The molecule has 10 heteroatoms. The maximum Gasteiger partial charge on any atom is 0.229 e. The molecule has 3 aromatic rings. The Labute approximate surface area is 218 Å². The van der Waals surface area contributed by atoms with Gasteiger partial charge in [-0.05, 0) is 76.0 Å². The highest BCUT2D eigenvalue weighted by atomic mass is 32.2. The number of sulfonamides is 1. The van der Waals surface area contributed by atoms with Gasteiger partial charge in [0.15, 0.2) is 0 Å². The van der Waals surface area contributed by atoms with Crippen molar-refractivity contribution in [3.8, 4) is 22.6 Å². The largest absolute Gasteiger partial charge is 0.457 e. The lowest BCUT2D eigenvalue weighted by atomic mass is 10.0. The van der Waals surface area contributed by atoms with Crippen molar-refractivity contribution in [2.45, 2.75) is 46.5 Å². The molecule has 0 spiro atoms. The van der Waals surface area contributed by atoms with Crippen LogP contribution in [0, 0.1) is 20.8 Å². The number of aromatic nitrogens is 1. The van der Waals surface area contributed by atoms with Crippen molar-refractivity contribution >= 4 is 27.3 Å². The average Bonchev–Trinajstić information content (AvgIpc) is 3.17. The third kappa shape index (κ3) is 7.33. The van der Waals surface area contributed by atoms with Crippen molar-refractivity contribution in [3.63, 3.8) is 0 Å². The molecule has 0 saturated carbocycles. The molecule has 1 aliphatic rings. The molecule has 1 saturated heterocycles. The number of carbonyl (C=O) groups is 1. The van der Waals surface area contributed by atoms with Gasteiger partial charge in [-0.15, -0.1) is 0 Å². The van der Waals surface area contributed by atoms with Crippen LogP contribution >= 0.6 is 0 Å². The summed E-state index contributed by atoms with van der Waals surface area (Å²) in [6.45, 7) is 8.41. The molecule has 1 fully saturated rings. The Morgan fingerprint density at radius 3 is 2.49 bits per heavy atom. The predicted molar refractivity (Wildman–Crippen MR) is 145 cm³/mol. The van der Waals surface area contributed by atoms with E-state index >= 15 is 0 Å². The number of piperidine rings is 1. The molecule has 2 aromatic carbocycles. The van der Waals surface area contributed by atoms with E-state index in [1.54, 1.807) is 31.2 Å². The number of likely N-dealkylation sites (tertiary alicyclic amines) is 1. The van der Waals surface area contributed by atoms with Crippen LogP contribution in [0.2, 0.25) is 0 Å². The molecule has 0 aliphatic carbocycles. The maximum absolute atomic E-state index is 12.6. The van der Waals surface area contributed by atoms with Crippen molar-refractivity contribution < 1.29 is 22.5 Å². The third-order valence-electron chi connectivity index (χ3n) is 6.35. The minimum Gasteiger partial charge on any atom is -0.457 e. The van der Waals surface area contributed by atoms with Gasteiger partial charge < -0.3 is 19.5 Å². The normalized spacial score (nSPS) is 14.4. The van der Waals surface area contributed by atoms with Gasteiger partial charge in [-0.2, -0.15) is 0 Å². The van der Waals surface area contributed by atoms with Crippen LogP contribution in [0.3, 0.4) is 0 Å². The Kier molecular flexibility index (Phi) is 8.19. The van der Waals surface area contributed by atoms with Crippen molar-refractivity contribution in [3.05, 3.63) is 53.4 Å². The molecule has 2 heterocycles. The summed E-state index contributed by atoms with van der Waals surface area (Å²) in [5, 5.41) is 7.02. The highest BCUT2D eigenvalue weighted by Gasteiger charge is 2.16. The van der Waals surface area contributed by atoms with E-state index in [9.17, 15) is 13.2 Å². The lowest BCUT2D eigenvalue weighted by Crippen LogP contribution is -2.32. The van der Waals surface area contributed by atoms with Gasteiger partial charge >= 0.3 is 0 Å². The summed E-state index contributed by atoms with van der Waals surface area (Å²) in [6.07, 6.45) is 5.18. The molecule has 1 amide bonds. The number of rotatable bonds is 9. The van der Waals surface area contributed by atoms with Crippen molar-refractivity contribution in [1.82, 2.24) is 10.1 Å².